The number of hydrogen-bond donors (Lipinski definition) is 0. The van der Waals surface area contributed by atoms with Gasteiger partial charge in [0.15, 0.2) is 5.17 Å². The van der Waals surface area contributed by atoms with Gasteiger partial charge in [-0.15, -0.1) is 0 Å². The standard InChI is InChI=1S/C19H25ClN2S/c1-14-7-6-10-16(17(14)20)21-18-22(15-8-2-3-9-15)19(13-23-18)11-4-5-12-19/h6-7,10,15H,2-5,8-9,11-13H2,1H3/b21-18+. The van der Waals surface area contributed by atoms with Gasteiger partial charge in [0.1, 0.15) is 0 Å². The molecule has 0 bridgehead atoms. The Hall–Kier alpha value is -0.670. The summed E-state index contributed by atoms with van der Waals surface area (Å²) in [6, 6.07) is 6.87. The Balaban J connectivity index is 1.71. The van der Waals surface area contributed by atoms with E-state index < -0.39 is 0 Å². The Kier molecular flexibility index (Phi) is 4.36. The molecule has 1 aromatic rings. The van der Waals surface area contributed by atoms with Crippen LogP contribution in [0.4, 0.5) is 5.69 Å². The van der Waals surface area contributed by atoms with E-state index in [9.17, 15) is 0 Å². The fraction of sp³-hybridized carbons (Fsp3) is 0.632. The second kappa shape index (κ2) is 6.33. The molecule has 1 spiro atoms. The molecule has 1 aromatic carbocycles. The number of aliphatic imine (C=N–C) groups is 1. The molecule has 0 N–H and O–H groups in total. The maximum absolute atomic E-state index is 6.50. The molecule has 124 valence electrons. The molecule has 3 aliphatic rings. The van der Waals surface area contributed by atoms with Gasteiger partial charge in [0, 0.05) is 11.8 Å². The van der Waals surface area contributed by atoms with E-state index in [1.165, 1.54) is 62.3 Å². The summed E-state index contributed by atoms with van der Waals surface area (Å²) in [6.07, 6.45) is 10.9. The van der Waals surface area contributed by atoms with Crippen molar-refractivity contribution in [2.45, 2.75) is 69.9 Å². The SMILES string of the molecule is Cc1cccc(/N=C2/SCC3(CCCC3)N2C2CCCC2)c1Cl. The van der Waals surface area contributed by atoms with Crippen molar-refractivity contribution in [1.82, 2.24) is 4.90 Å². The molecule has 1 saturated heterocycles. The first-order valence-corrected chi connectivity index (χ1v) is 10.3. The molecule has 2 nitrogen and oxygen atoms in total. The first-order chi connectivity index (χ1) is 11.2. The highest BCUT2D eigenvalue weighted by atomic mass is 35.5. The van der Waals surface area contributed by atoms with E-state index >= 15 is 0 Å². The van der Waals surface area contributed by atoms with Gasteiger partial charge in [0.25, 0.3) is 0 Å². The predicted molar refractivity (Wildman–Crippen MR) is 101 cm³/mol. The van der Waals surface area contributed by atoms with Crippen molar-refractivity contribution < 1.29 is 0 Å². The summed E-state index contributed by atoms with van der Waals surface area (Å²) >= 11 is 8.46. The Labute approximate surface area is 148 Å². The number of thioether (sulfide) groups is 1. The number of rotatable bonds is 2. The molecule has 1 heterocycles. The molecule has 0 radical (unpaired) electrons. The molecule has 0 atom stereocenters. The van der Waals surface area contributed by atoms with Crippen LogP contribution >= 0.6 is 23.4 Å². The van der Waals surface area contributed by atoms with Gasteiger partial charge in [-0.05, 0) is 44.2 Å². The second-order valence-corrected chi connectivity index (χ2v) is 8.65. The van der Waals surface area contributed by atoms with Crippen molar-refractivity contribution >= 4 is 34.2 Å². The summed E-state index contributed by atoms with van der Waals surface area (Å²) in [5.41, 5.74) is 2.43. The molecular formula is C19H25ClN2S. The van der Waals surface area contributed by atoms with Crippen LogP contribution < -0.4 is 0 Å². The van der Waals surface area contributed by atoms with Crippen LogP contribution in [0.15, 0.2) is 23.2 Å². The Morgan fingerprint density at radius 2 is 1.91 bits per heavy atom. The molecule has 0 amide bonds. The zero-order valence-electron chi connectivity index (χ0n) is 13.9. The van der Waals surface area contributed by atoms with Crippen LogP contribution in [0.25, 0.3) is 0 Å². The topological polar surface area (TPSA) is 15.6 Å². The quantitative estimate of drug-likeness (QED) is 0.657. The lowest BCUT2D eigenvalue weighted by Gasteiger charge is -2.40. The lowest BCUT2D eigenvalue weighted by atomic mass is 9.95. The first-order valence-electron chi connectivity index (χ1n) is 8.96. The summed E-state index contributed by atoms with van der Waals surface area (Å²) in [5.74, 6) is 1.21. The largest absolute Gasteiger partial charge is 0.342 e. The van der Waals surface area contributed by atoms with E-state index in [-0.39, 0.29) is 0 Å². The molecule has 4 heteroatoms. The maximum Gasteiger partial charge on any atom is 0.165 e. The van der Waals surface area contributed by atoms with Crippen LogP contribution in [0, 0.1) is 6.92 Å². The third kappa shape index (κ3) is 2.80. The van der Waals surface area contributed by atoms with E-state index in [0.29, 0.717) is 11.6 Å². The minimum Gasteiger partial charge on any atom is -0.342 e. The van der Waals surface area contributed by atoms with Gasteiger partial charge in [-0.25, -0.2) is 4.99 Å². The van der Waals surface area contributed by atoms with Crippen LogP contribution in [0.3, 0.4) is 0 Å². The van der Waals surface area contributed by atoms with Crippen LogP contribution in [0.2, 0.25) is 5.02 Å². The van der Waals surface area contributed by atoms with Gasteiger partial charge in [-0.2, -0.15) is 0 Å². The highest BCUT2D eigenvalue weighted by Gasteiger charge is 2.49. The zero-order chi connectivity index (χ0) is 15.9. The number of benzene rings is 1. The fourth-order valence-corrected chi connectivity index (χ4v) is 6.21. The Bertz CT molecular complexity index is 616. The molecule has 2 aliphatic carbocycles. The normalized spacial score (nSPS) is 26.0. The lowest BCUT2D eigenvalue weighted by molar-refractivity contribution is 0.163. The Morgan fingerprint density at radius 3 is 2.65 bits per heavy atom. The van der Waals surface area contributed by atoms with E-state index in [2.05, 4.69) is 30.0 Å². The van der Waals surface area contributed by atoms with Gasteiger partial charge >= 0.3 is 0 Å². The Morgan fingerprint density at radius 1 is 1.17 bits per heavy atom. The van der Waals surface area contributed by atoms with E-state index in [0.717, 1.165) is 16.3 Å². The summed E-state index contributed by atoms with van der Waals surface area (Å²) in [6.45, 7) is 2.06. The molecule has 3 fully saturated rings. The smallest absolute Gasteiger partial charge is 0.165 e. The highest BCUT2D eigenvalue weighted by Crippen LogP contribution is 2.48. The fourth-order valence-electron chi connectivity index (χ4n) is 4.57. The predicted octanol–water partition coefficient (Wildman–Crippen LogP) is 5.94. The molecule has 0 unspecified atom stereocenters. The average Bonchev–Trinajstić information content (AvgIpc) is 3.27. The van der Waals surface area contributed by atoms with Crippen LogP contribution in [0.1, 0.15) is 56.9 Å². The number of hydrogen-bond acceptors (Lipinski definition) is 2. The van der Waals surface area contributed by atoms with E-state index in [1.54, 1.807) is 0 Å². The van der Waals surface area contributed by atoms with Gasteiger partial charge in [0.05, 0.1) is 16.2 Å². The van der Waals surface area contributed by atoms with Crippen LogP contribution in [0.5, 0.6) is 0 Å². The molecular weight excluding hydrogens is 324 g/mol. The summed E-state index contributed by atoms with van der Waals surface area (Å²) in [5, 5.41) is 2.03. The zero-order valence-corrected chi connectivity index (χ0v) is 15.4. The minimum atomic E-state index is 0.384. The molecule has 4 rings (SSSR count). The minimum absolute atomic E-state index is 0.384. The summed E-state index contributed by atoms with van der Waals surface area (Å²) < 4.78 is 0. The third-order valence-electron chi connectivity index (χ3n) is 5.80. The summed E-state index contributed by atoms with van der Waals surface area (Å²) in [4.78, 5) is 7.77. The monoisotopic (exact) mass is 348 g/mol. The van der Waals surface area contributed by atoms with Crippen molar-refractivity contribution in [1.29, 1.82) is 0 Å². The van der Waals surface area contributed by atoms with Crippen molar-refractivity contribution in [2.24, 2.45) is 4.99 Å². The molecule has 0 aromatic heterocycles. The van der Waals surface area contributed by atoms with E-state index in [4.69, 9.17) is 16.6 Å². The van der Waals surface area contributed by atoms with Crippen molar-refractivity contribution in [3.63, 3.8) is 0 Å². The van der Waals surface area contributed by atoms with Gasteiger partial charge in [0.2, 0.25) is 0 Å². The number of aryl methyl sites for hydroxylation is 1. The van der Waals surface area contributed by atoms with Crippen molar-refractivity contribution in [3.05, 3.63) is 28.8 Å². The van der Waals surface area contributed by atoms with Crippen LogP contribution in [-0.4, -0.2) is 27.4 Å². The second-order valence-electron chi connectivity index (χ2n) is 7.33. The molecule has 1 aliphatic heterocycles. The molecule has 23 heavy (non-hydrogen) atoms. The van der Waals surface area contributed by atoms with Gasteiger partial charge in [-0.3, -0.25) is 0 Å². The van der Waals surface area contributed by atoms with Crippen molar-refractivity contribution in [3.8, 4) is 0 Å². The third-order valence-corrected chi connectivity index (χ3v) is 7.52. The van der Waals surface area contributed by atoms with Gasteiger partial charge < -0.3 is 4.90 Å². The van der Waals surface area contributed by atoms with Crippen molar-refractivity contribution in [2.75, 3.05) is 5.75 Å². The average molecular weight is 349 g/mol. The summed E-state index contributed by atoms with van der Waals surface area (Å²) in [7, 11) is 0. The van der Waals surface area contributed by atoms with E-state index in [1.807, 2.05) is 11.8 Å². The molecule has 2 saturated carbocycles. The number of amidine groups is 1. The number of nitrogens with zero attached hydrogens (tertiary/aromatic N) is 2. The maximum atomic E-state index is 6.50. The first kappa shape index (κ1) is 15.8. The van der Waals surface area contributed by atoms with Crippen LogP contribution in [-0.2, 0) is 0 Å². The number of halogens is 1. The lowest BCUT2D eigenvalue weighted by Crippen LogP contribution is -2.50. The highest BCUT2D eigenvalue weighted by molar-refractivity contribution is 8.14. The van der Waals surface area contributed by atoms with Gasteiger partial charge in [-0.1, -0.05) is 61.2 Å².